The van der Waals surface area contributed by atoms with Crippen molar-refractivity contribution < 1.29 is 14.3 Å². The Morgan fingerprint density at radius 1 is 1.21 bits per heavy atom. The number of nitrogens with one attached hydrogen (secondary N) is 1. The number of hydrogen-bond acceptors (Lipinski definition) is 3. The molecule has 1 aromatic rings. The maximum atomic E-state index is 11.8. The second-order valence-electron chi connectivity index (χ2n) is 4.13. The van der Waals surface area contributed by atoms with Gasteiger partial charge in [-0.1, -0.05) is 28.1 Å². The molecule has 0 aromatic heterocycles. The monoisotopic (exact) mass is 327 g/mol. The molecule has 0 spiro atoms. The standard InChI is InChI=1S/C14H18BrNO3/c1-19-10-9-16-14(18)4-2-3-13(17)11-5-7-12(15)8-6-11/h5-8H,2-4,9-10H2,1H3,(H,16,18). The molecule has 0 bridgehead atoms. The molecule has 0 saturated heterocycles. The van der Waals surface area contributed by atoms with Crippen LogP contribution < -0.4 is 5.32 Å². The van der Waals surface area contributed by atoms with Crippen molar-refractivity contribution in [2.24, 2.45) is 0 Å². The molecule has 104 valence electrons. The molecule has 0 aliphatic heterocycles. The number of halogens is 1. The van der Waals surface area contributed by atoms with Gasteiger partial charge in [-0.25, -0.2) is 0 Å². The Balaban J connectivity index is 2.23. The first-order valence-electron chi connectivity index (χ1n) is 6.18. The van der Waals surface area contributed by atoms with E-state index >= 15 is 0 Å². The van der Waals surface area contributed by atoms with E-state index < -0.39 is 0 Å². The third-order valence-electron chi connectivity index (χ3n) is 2.60. The SMILES string of the molecule is COCCNC(=O)CCCC(=O)c1ccc(Br)cc1. The summed E-state index contributed by atoms with van der Waals surface area (Å²) >= 11 is 3.32. The van der Waals surface area contributed by atoms with E-state index in [4.69, 9.17) is 4.74 Å². The molecule has 19 heavy (non-hydrogen) atoms. The Kier molecular flexibility index (Phi) is 7.36. The smallest absolute Gasteiger partial charge is 0.220 e. The molecule has 0 aliphatic carbocycles. The summed E-state index contributed by atoms with van der Waals surface area (Å²) in [6, 6.07) is 7.24. The van der Waals surface area contributed by atoms with Gasteiger partial charge in [0.1, 0.15) is 0 Å². The minimum Gasteiger partial charge on any atom is -0.383 e. The second kappa shape index (κ2) is 8.82. The van der Waals surface area contributed by atoms with E-state index in [9.17, 15) is 9.59 Å². The molecule has 0 aliphatic rings. The Morgan fingerprint density at radius 3 is 2.53 bits per heavy atom. The fourth-order valence-corrected chi connectivity index (χ4v) is 1.83. The number of amides is 1. The fourth-order valence-electron chi connectivity index (χ4n) is 1.57. The highest BCUT2D eigenvalue weighted by molar-refractivity contribution is 9.10. The number of hydrogen-bond donors (Lipinski definition) is 1. The number of ketones is 1. The molecule has 1 aromatic carbocycles. The lowest BCUT2D eigenvalue weighted by atomic mass is 10.1. The van der Waals surface area contributed by atoms with Crippen LogP contribution in [0.3, 0.4) is 0 Å². The van der Waals surface area contributed by atoms with Crippen LogP contribution in [0.5, 0.6) is 0 Å². The van der Waals surface area contributed by atoms with Crippen molar-refractivity contribution in [2.45, 2.75) is 19.3 Å². The zero-order valence-electron chi connectivity index (χ0n) is 10.9. The van der Waals surface area contributed by atoms with Crippen LogP contribution in [0.1, 0.15) is 29.6 Å². The Bertz CT molecular complexity index is 417. The third kappa shape index (κ3) is 6.50. The molecule has 0 saturated carbocycles. The van der Waals surface area contributed by atoms with Crippen molar-refractivity contribution in [2.75, 3.05) is 20.3 Å². The summed E-state index contributed by atoms with van der Waals surface area (Å²) < 4.78 is 5.78. The van der Waals surface area contributed by atoms with E-state index in [2.05, 4.69) is 21.2 Å². The highest BCUT2D eigenvalue weighted by Crippen LogP contribution is 2.13. The second-order valence-corrected chi connectivity index (χ2v) is 5.04. The first-order chi connectivity index (χ1) is 9.13. The van der Waals surface area contributed by atoms with Crippen LogP contribution in [0.25, 0.3) is 0 Å². The molecular formula is C14H18BrNO3. The summed E-state index contributed by atoms with van der Waals surface area (Å²) in [5.41, 5.74) is 0.683. The van der Waals surface area contributed by atoms with Gasteiger partial charge in [-0.15, -0.1) is 0 Å². The molecule has 0 radical (unpaired) electrons. The number of carbonyl (C=O) groups is 2. The van der Waals surface area contributed by atoms with Gasteiger partial charge in [0.05, 0.1) is 6.61 Å². The lowest BCUT2D eigenvalue weighted by Crippen LogP contribution is -2.26. The van der Waals surface area contributed by atoms with E-state index in [0.29, 0.717) is 38.0 Å². The van der Waals surface area contributed by atoms with E-state index in [0.717, 1.165) is 4.47 Å². The number of Topliss-reactive ketones (excluding diaryl/α,β-unsaturated/α-hetero) is 1. The molecule has 4 nitrogen and oxygen atoms in total. The van der Waals surface area contributed by atoms with Crippen LogP contribution in [0, 0.1) is 0 Å². The lowest BCUT2D eigenvalue weighted by molar-refractivity contribution is -0.121. The van der Waals surface area contributed by atoms with Gasteiger partial charge in [-0.3, -0.25) is 9.59 Å². The van der Waals surface area contributed by atoms with Gasteiger partial charge >= 0.3 is 0 Å². The number of rotatable bonds is 8. The maximum Gasteiger partial charge on any atom is 0.220 e. The van der Waals surface area contributed by atoms with Gasteiger partial charge in [0.25, 0.3) is 0 Å². The van der Waals surface area contributed by atoms with Crippen LogP contribution in [0.15, 0.2) is 28.7 Å². The van der Waals surface area contributed by atoms with Gasteiger partial charge in [-0.05, 0) is 18.6 Å². The van der Waals surface area contributed by atoms with Crippen molar-refractivity contribution in [3.63, 3.8) is 0 Å². The van der Waals surface area contributed by atoms with Gasteiger partial charge in [0.15, 0.2) is 5.78 Å². The van der Waals surface area contributed by atoms with Crippen molar-refractivity contribution in [3.05, 3.63) is 34.3 Å². The van der Waals surface area contributed by atoms with Crippen molar-refractivity contribution in [3.8, 4) is 0 Å². The first kappa shape index (κ1) is 15.9. The largest absolute Gasteiger partial charge is 0.383 e. The minimum absolute atomic E-state index is 0.0411. The Morgan fingerprint density at radius 2 is 1.89 bits per heavy atom. The van der Waals surface area contributed by atoms with Crippen molar-refractivity contribution in [1.82, 2.24) is 5.32 Å². The van der Waals surface area contributed by atoms with Gasteiger partial charge < -0.3 is 10.1 Å². The average Bonchev–Trinajstić information content (AvgIpc) is 2.39. The van der Waals surface area contributed by atoms with Crippen molar-refractivity contribution >= 4 is 27.6 Å². The topological polar surface area (TPSA) is 55.4 Å². The molecular weight excluding hydrogens is 310 g/mol. The molecule has 0 fully saturated rings. The van der Waals surface area contributed by atoms with Crippen LogP contribution in [0.4, 0.5) is 0 Å². The molecule has 1 N–H and O–H groups in total. The number of benzene rings is 1. The zero-order chi connectivity index (χ0) is 14.1. The predicted octanol–water partition coefficient (Wildman–Crippen LogP) is 2.56. The van der Waals surface area contributed by atoms with Crippen molar-refractivity contribution in [1.29, 1.82) is 0 Å². The highest BCUT2D eigenvalue weighted by Gasteiger charge is 2.07. The van der Waals surface area contributed by atoms with Gasteiger partial charge in [0, 0.05) is 36.5 Å². The van der Waals surface area contributed by atoms with Gasteiger partial charge in [-0.2, -0.15) is 0 Å². The molecule has 1 rings (SSSR count). The molecule has 5 heteroatoms. The summed E-state index contributed by atoms with van der Waals surface area (Å²) in [6.45, 7) is 1.01. The van der Waals surface area contributed by atoms with E-state index in [1.165, 1.54) is 0 Å². The summed E-state index contributed by atoms with van der Waals surface area (Å²) in [6.07, 6.45) is 1.32. The first-order valence-corrected chi connectivity index (χ1v) is 6.97. The van der Waals surface area contributed by atoms with E-state index in [1.807, 2.05) is 12.1 Å². The van der Waals surface area contributed by atoms with Gasteiger partial charge in [0.2, 0.25) is 5.91 Å². The number of ether oxygens (including phenoxy) is 1. The number of carbonyl (C=O) groups excluding carboxylic acids is 2. The van der Waals surface area contributed by atoms with Crippen LogP contribution in [-0.4, -0.2) is 32.0 Å². The van der Waals surface area contributed by atoms with Crippen LogP contribution in [0.2, 0.25) is 0 Å². The summed E-state index contributed by atoms with van der Waals surface area (Å²) in [5, 5.41) is 2.72. The Hall–Kier alpha value is -1.20. The third-order valence-corrected chi connectivity index (χ3v) is 3.13. The van der Waals surface area contributed by atoms with E-state index in [1.54, 1.807) is 19.2 Å². The zero-order valence-corrected chi connectivity index (χ0v) is 12.5. The molecule has 0 atom stereocenters. The van der Waals surface area contributed by atoms with Crippen LogP contribution in [-0.2, 0) is 9.53 Å². The van der Waals surface area contributed by atoms with Crippen LogP contribution >= 0.6 is 15.9 Å². The fraction of sp³-hybridized carbons (Fsp3) is 0.429. The molecule has 0 heterocycles. The average molecular weight is 328 g/mol. The summed E-state index contributed by atoms with van der Waals surface area (Å²) in [4.78, 5) is 23.2. The Labute approximate surface area is 121 Å². The maximum absolute atomic E-state index is 11.8. The molecule has 1 amide bonds. The quantitative estimate of drug-likeness (QED) is 0.589. The summed E-state index contributed by atoms with van der Waals surface area (Å²) in [7, 11) is 1.59. The lowest BCUT2D eigenvalue weighted by Gasteiger charge is -2.04. The predicted molar refractivity (Wildman–Crippen MR) is 77.2 cm³/mol. The minimum atomic E-state index is -0.0411. The number of methoxy groups -OCH3 is 1. The normalized spacial score (nSPS) is 10.2. The molecule has 0 unspecified atom stereocenters. The highest BCUT2D eigenvalue weighted by atomic mass is 79.9. The van der Waals surface area contributed by atoms with E-state index in [-0.39, 0.29) is 11.7 Å². The summed E-state index contributed by atoms with van der Waals surface area (Å²) in [5.74, 6) is 0.0258.